The first-order chi connectivity index (χ1) is 9.61. The van der Waals surface area contributed by atoms with E-state index in [0.29, 0.717) is 19.4 Å². The van der Waals surface area contributed by atoms with E-state index in [-0.39, 0.29) is 11.9 Å². The van der Waals surface area contributed by atoms with Crippen LogP contribution in [0.15, 0.2) is 24.3 Å². The van der Waals surface area contributed by atoms with Gasteiger partial charge in [0.2, 0.25) is 5.91 Å². The smallest absolute Gasteiger partial charge is 0.328 e. The highest BCUT2D eigenvalue weighted by atomic mass is 16.5. The Hall–Kier alpha value is -1.84. The van der Waals surface area contributed by atoms with Gasteiger partial charge in [-0.1, -0.05) is 29.8 Å². The molecule has 4 nitrogen and oxygen atoms in total. The summed E-state index contributed by atoms with van der Waals surface area (Å²) in [5, 5.41) is 0. The predicted molar refractivity (Wildman–Crippen MR) is 76.3 cm³/mol. The molecule has 0 spiro atoms. The molecule has 0 bridgehead atoms. The number of amides is 1. The summed E-state index contributed by atoms with van der Waals surface area (Å²) < 4.78 is 4.81. The van der Waals surface area contributed by atoms with Gasteiger partial charge >= 0.3 is 5.97 Å². The van der Waals surface area contributed by atoms with Crippen molar-refractivity contribution in [2.24, 2.45) is 0 Å². The largest absolute Gasteiger partial charge is 0.467 e. The number of aryl methyl sites for hydroxylation is 1. The first-order valence-electron chi connectivity index (χ1n) is 7.04. The van der Waals surface area contributed by atoms with Gasteiger partial charge < -0.3 is 9.64 Å². The Bertz CT molecular complexity index is 498. The zero-order chi connectivity index (χ0) is 14.5. The van der Waals surface area contributed by atoms with Crippen molar-refractivity contribution >= 4 is 11.9 Å². The molecule has 4 heteroatoms. The molecular formula is C16H21NO3. The van der Waals surface area contributed by atoms with Gasteiger partial charge in [-0.3, -0.25) is 4.79 Å². The summed E-state index contributed by atoms with van der Waals surface area (Å²) in [6, 6.07) is 7.50. The molecular weight excluding hydrogens is 254 g/mol. The molecule has 1 aromatic rings. The number of ether oxygens (including phenoxy) is 1. The second-order valence-corrected chi connectivity index (χ2v) is 5.29. The average Bonchev–Trinajstić information content (AvgIpc) is 2.46. The Kier molecular flexibility index (Phi) is 4.77. The lowest BCUT2D eigenvalue weighted by atomic mass is 10.0. The molecule has 0 saturated carbocycles. The molecule has 1 unspecified atom stereocenters. The maximum absolute atomic E-state index is 12.4. The predicted octanol–water partition coefficient (Wildman–Crippen LogP) is 2.09. The van der Waals surface area contributed by atoms with Crippen LogP contribution >= 0.6 is 0 Å². The molecule has 20 heavy (non-hydrogen) atoms. The second-order valence-electron chi connectivity index (χ2n) is 5.29. The molecule has 1 amide bonds. The fraction of sp³-hybridized carbons (Fsp3) is 0.500. The van der Waals surface area contributed by atoms with Crippen molar-refractivity contribution in [3.8, 4) is 0 Å². The van der Waals surface area contributed by atoms with Gasteiger partial charge in [0.25, 0.3) is 0 Å². The van der Waals surface area contributed by atoms with E-state index >= 15 is 0 Å². The van der Waals surface area contributed by atoms with E-state index in [0.717, 1.165) is 24.0 Å². The maximum Gasteiger partial charge on any atom is 0.328 e. The van der Waals surface area contributed by atoms with Crippen molar-refractivity contribution < 1.29 is 14.3 Å². The lowest BCUT2D eigenvalue weighted by Gasteiger charge is -2.33. The number of nitrogens with zero attached hydrogens (tertiary/aromatic N) is 1. The fourth-order valence-electron chi connectivity index (χ4n) is 2.71. The highest BCUT2D eigenvalue weighted by Gasteiger charge is 2.32. The van der Waals surface area contributed by atoms with Crippen molar-refractivity contribution in [1.29, 1.82) is 0 Å². The second kappa shape index (κ2) is 6.55. The normalized spacial score (nSPS) is 18.7. The number of piperidine rings is 1. The number of likely N-dealkylation sites (tertiary alicyclic amines) is 1. The highest BCUT2D eigenvalue weighted by molar-refractivity contribution is 5.86. The van der Waals surface area contributed by atoms with Crippen molar-refractivity contribution in [1.82, 2.24) is 4.90 Å². The molecule has 0 aliphatic carbocycles. The highest BCUT2D eigenvalue weighted by Crippen LogP contribution is 2.19. The van der Waals surface area contributed by atoms with Crippen LogP contribution in [0.5, 0.6) is 0 Å². The summed E-state index contributed by atoms with van der Waals surface area (Å²) in [6.07, 6.45) is 2.96. The van der Waals surface area contributed by atoms with Gasteiger partial charge in [-0.25, -0.2) is 4.79 Å². The number of carbonyl (C=O) groups excluding carboxylic acids is 2. The summed E-state index contributed by atoms with van der Waals surface area (Å²) in [5.74, 6) is -0.298. The van der Waals surface area contributed by atoms with Gasteiger partial charge in [-0.15, -0.1) is 0 Å². The van der Waals surface area contributed by atoms with E-state index in [4.69, 9.17) is 4.74 Å². The number of hydrogen-bond acceptors (Lipinski definition) is 3. The van der Waals surface area contributed by atoms with Gasteiger partial charge in [0.05, 0.1) is 13.5 Å². The van der Waals surface area contributed by atoms with Crippen LogP contribution in [0.1, 0.15) is 30.4 Å². The number of rotatable bonds is 3. The Morgan fingerprint density at radius 2 is 2.15 bits per heavy atom. The monoisotopic (exact) mass is 275 g/mol. The lowest BCUT2D eigenvalue weighted by molar-refractivity contribution is -0.154. The van der Waals surface area contributed by atoms with Gasteiger partial charge in [-0.2, -0.15) is 0 Å². The third-order valence-electron chi connectivity index (χ3n) is 3.73. The quantitative estimate of drug-likeness (QED) is 0.794. The van der Waals surface area contributed by atoms with Crippen molar-refractivity contribution in [3.05, 3.63) is 35.4 Å². The molecule has 0 N–H and O–H groups in total. The minimum atomic E-state index is -0.411. The van der Waals surface area contributed by atoms with E-state index in [1.165, 1.54) is 7.11 Å². The van der Waals surface area contributed by atoms with Gasteiger partial charge in [0.1, 0.15) is 6.04 Å². The summed E-state index contributed by atoms with van der Waals surface area (Å²) in [6.45, 7) is 2.65. The van der Waals surface area contributed by atoms with Crippen LogP contribution in [0.3, 0.4) is 0 Å². The van der Waals surface area contributed by atoms with E-state index in [9.17, 15) is 9.59 Å². The van der Waals surface area contributed by atoms with E-state index in [1.54, 1.807) is 4.90 Å². The minimum absolute atomic E-state index is 0.00528. The zero-order valence-corrected chi connectivity index (χ0v) is 12.1. The van der Waals surface area contributed by atoms with E-state index in [1.807, 2.05) is 31.2 Å². The summed E-state index contributed by atoms with van der Waals surface area (Å²) in [5.41, 5.74) is 2.13. The minimum Gasteiger partial charge on any atom is -0.467 e. The van der Waals surface area contributed by atoms with Crippen molar-refractivity contribution in [2.75, 3.05) is 13.7 Å². The van der Waals surface area contributed by atoms with Crippen molar-refractivity contribution in [2.45, 2.75) is 38.6 Å². The molecule has 1 saturated heterocycles. The summed E-state index contributed by atoms with van der Waals surface area (Å²) >= 11 is 0. The summed E-state index contributed by atoms with van der Waals surface area (Å²) in [7, 11) is 1.38. The summed E-state index contributed by atoms with van der Waals surface area (Å²) in [4.78, 5) is 25.9. The van der Waals surface area contributed by atoms with E-state index in [2.05, 4.69) is 0 Å². The van der Waals surface area contributed by atoms with Crippen LogP contribution in [0, 0.1) is 6.92 Å². The first-order valence-corrected chi connectivity index (χ1v) is 7.04. The number of carbonyl (C=O) groups is 2. The fourth-order valence-corrected chi connectivity index (χ4v) is 2.71. The van der Waals surface area contributed by atoms with Gasteiger partial charge in [0, 0.05) is 6.54 Å². The van der Waals surface area contributed by atoms with Crippen LogP contribution in [0.2, 0.25) is 0 Å². The number of methoxy groups -OCH3 is 1. The molecule has 0 aromatic heterocycles. The lowest BCUT2D eigenvalue weighted by Crippen LogP contribution is -2.49. The molecule has 1 aliphatic heterocycles. The molecule has 1 aromatic carbocycles. The Balaban J connectivity index is 2.08. The zero-order valence-electron chi connectivity index (χ0n) is 12.1. The SMILES string of the molecule is COC(=O)C1CCCCN1C(=O)Cc1cccc(C)c1. The molecule has 2 rings (SSSR count). The molecule has 1 heterocycles. The Labute approximate surface area is 119 Å². The standard InChI is InChI=1S/C16H21NO3/c1-12-6-5-7-13(10-12)11-15(18)17-9-4-3-8-14(17)16(19)20-2/h5-7,10,14H,3-4,8-9,11H2,1-2H3. The van der Waals surface area contributed by atoms with Crippen LogP contribution in [-0.2, 0) is 20.7 Å². The number of benzene rings is 1. The van der Waals surface area contributed by atoms with Gasteiger partial charge in [0.15, 0.2) is 0 Å². The third-order valence-corrected chi connectivity index (χ3v) is 3.73. The third kappa shape index (κ3) is 3.38. The molecule has 108 valence electrons. The molecule has 1 atom stereocenters. The number of esters is 1. The maximum atomic E-state index is 12.4. The topological polar surface area (TPSA) is 46.6 Å². The van der Waals surface area contributed by atoms with Crippen LogP contribution in [-0.4, -0.2) is 36.5 Å². The average molecular weight is 275 g/mol. The molecule has 1 fully saturated rings. The van der Waals surface area contributed by atoms with Crippen LogP contribution in [0.25, 0.3) is 0 Å². The molecule has 0 radical (unpaired) electrons. The Morgan fingerprint density at radius 1 is 1.35 bits per heavy atom. The van der Waals surface area contributed by atoms with Crippen LogP contribution in [0.4, 0.5) is 0 Å². The van der Waals surface area contributed by atoms with E-state index < -0.39 is 6.04 Å². The first kappa shape index (κ1) is 14.6. The number of hydrogen-bond donors (Lipinski definition) is 0. The van der Waals surface area contributed by atoms with Crippen molar-refractivity contribution in [3.63, 3.8) is 0 Å². The van der Waals surface area contributed by atoms with Crippen LogP contribution < -0.4 is 0 Å². The molecule has 1 aliphatic rings. The Morgan fingerprint density at radius 3 is 2.85 bits per heavy atom. The van der Waals surface area contributed by atoms with Gasteiger partial charge in [-0.05, 0) is 31.7 Å².